The number of carbonyl (C=O) groups excluding carboxylic acids is 1. The molecule has 0 aliphatic rings. The van der Waals surface area contributed by atoms with Gasteiger partial charge in [-0.1, -0.05) is 0 Å². The molecule has 1 N–H and O–H groups in total. The zero-order valence-corrected chi connectivity index (χ0v) is 10.2. The van der Waals surface area contributed by atoms with Crippen molar-refractivity contribution in [3.05, 3.63) is 39.9 Å². The molecular formula is C12H9F3N2O3. The quantitative estimate of drug-likeness (QED) is 0.858. The number of rotatable bonds is 2. The molecule has 5 nitrogen and oxygen atoms in total. The second-order valence-corrected chi connectivity index (χ2v) is 3.86. The Kier molecular flexibility index (Phi) is 3.47. The van der Waals surface area contributed by atoms with Gasteiger partial charge < -0.3 is 9.72 Å². The molecule has 2 aromatic rings. The summed E-state index contributed by atoms with van der Waals surface area (Å²) in [6.07, 6.45) is -4.56. The lowest BCUT2D eigenvalue weighted by Crippen LogP contribution is -2.18. The van der Waals surface area contributed by atoms with Crippen molar-refractivity contribution in [3.63, 3.8) is 0 Å². The summed E-state index contributed by atoms with van der Waals surface area (Å²) in [5, 5.41) is -0.243. The molecule has 8 heteroatoms. The Morgan fingerprint density at radius 3 is 2.70 bits per heavy atom. The van der Waals surface area contributed by atoms with E-state index in [4.69, 9.17) is 0 Å². The van der Waals surface area contributed by atoms with Gasteiger partial charge in [0.15, 0.2) is 0 Å². The highest BCUT2D eigenvalue weighted by Gasteiger charge is 2.30. The molecule has 2 rings (SSSR count). The number of alkyl halides is 3. The number of nitrogens with one attached hydrogen (secondary N) is 1. The monoisotopic (exact) mass is 286 g/mol. The number of halogens is 3. The smallest absolute Gasteiger partial charge is 0.416 e. The number of esters is 1. The molecule has 1 heterocycles. The molecule has 0 saturated heterocycles. The number of hydrogen-bond donors (Lipinski definition) is 1. The maximum Gasteiger partial charge on any atom is 0.416 e. The van der Waals surface area contributed by atoms with Crippen LogP contribution in [0, 0.1) is 0 Å². The Morgan fingerprint density at radius 1 is 1.40 bits per heavy atom. The van der Waals surface area contributed by atoms with Crippen LogP contribution in [-0.4, -0.2) is 22.5 Å². The Labute approximate surface area is 110 Å². The summed E-state index contributed by atoms with van der Waals surface area (Å²) in [5.74, 6) is -1.18. The van der Waals surface area contributed by atoms with Crippen molar-refractivity contribution in [1.29, 1.82) is 0 Å². The van der Waals surface area contributed by atoms with E-state index in [0.717, 1.165) is 12.1 Å². The van der Waals surface area contributed by atoms with E-state index in [-0.39, 0.29) is 23.3 Å². The average Bonchev–Trinajstić information content (AvgIpc) is 2.37. The average molecular weight is 286 g/mol. The Hall–Kier alpha value is -2.38. The van der Waals surface area contributed by atoms with E-state index < -0.39 is 23.3 Å². The maximum atomic E-state index is 12.5. The first-order valence-electron chi connectivity index (χ1n) is 5.61. The van der Waals surface area contributed by atoms with Gasteiger partial charge in [0.05, 0.1) is 23.1 Å². The Bertz CT molecular complexity index is 722. The minimum Gasteiger partial charge on any atom is -0.460 e. The van der Waals surface area contributed by atoms with Crippen LogP contribution in [0.4, 0.5) is 13.2 Å². The number of nitrogens with zero attached hydrogens (tertiary/aromatic N) is 1. The predicted molar refractivity (Wildman–Crippen MR) is 63.3 cm³/mol. The highest BCUT2D eigenvalue weighted by molar-refractivity contribution is 5.88. The molecule has 0 atom stereocenters. The first-order chi connectivity index (χ1) is 9.32. The molecule has 20 heavy (non-hydrogen) atoms. The van der Waals surface area contributed by atoms with E-state index in [1.165, 1.54) is 0 Å². The van der Waals surface area contributed by atoms with Crippen LogP contribution in [0.25, 0.3) is 10.9 Å². The van der Waals surface area contributed by atoms with Gasteiger partial charge in [0.2, 0.25) is 5.82 Å². The molecule has 0 radical (unpaired) electrons. The highest BCUT2D eigenvalue weighted by Crippen LogP contribution is 2.30. The molecule has 0 aliphatic carbocycles. The van der Waals surface area contributed by atoms with Gasteiger partial charge in [-0.15, -0.1) is 0 Å². The number of fused-ring (bicyclic) bond motifs is 1. The fourth-order valence-corrected chi connectivity index (χ4v) is 1.61. The lowest BCUT2D eigenvalue weighted by atomic mass is 10.1. The standard InChI is InChI=1S/C12H9F3N2O3/c1-2-20-11(19)9-16-8-4-3-6(12(13,14)15)5-7(8)10(18)17-9/h3-5H,2H2,1H3,(H,16,17,18). The van der Waals surface area contributed by atoms with Crippen molar-refractivity contribution in [2.45, 2.75) is 13.1 Å². The number of hydrogen-bond acceptors (Lipinski definition) is 4. The van der Waals surface area contributed by atoms with Gasteiger partial charge in [-0.3, -0.25) is 4.79 Å². The number of aromatic amines is 1. The lowest BCUT2D eigenvalue weighted by molar-refractivity contribution is -0.137. The van der Waals surface area contributed by atoms with Crippen LogP contribution in [0.2, 0.25) is 0 Å². The van der Waals surface area contributed by atoms with Gasteiger partial charge in [0.25, 0.3) is 5.56 Å². The van der Waals surface area contributed by atoms with Crippen LogP contribution in [0.15, 0.2) is 23.0 Å². The van der Waals surface area contributed by atoms with Gasteiger partial charge in [-0.05, 0) is 25.1 Å². The molecule has 0 amide bonds. The second kappa shape index (κ2) is 4.95. The molecular weight excluding hydrogens is 277 g/mol. The summed E-state index contributed by atoms with van der Waals surface area (Å²) in [7, 11) is 0. The number of carbonyl (C=O) groups is 1. The van der Waals surface area contributed by atoms with Gasteiger partial charge in [-0.25, -0.2) is 9.78 Å². The number of ether oxygens (including phenoxy) is 1. The van der Waals surface area contributed by atoms with Crippen LogP contribution >= 0.6 is 0 Å². The van der Waals surface area contributed by atoms with Gasteiger partial charge in [0.1, 0.15) is 0 Å². The number of H-pyrrole nitrogens is 1. The minimum absolute atomic E-state index is 0.00944. The van der Waals surface area contributed by atoms with E-state index in [2.05, 4.69) is 14.7 Å². The normalized spacial score (nSPS) is 11.6. The summed E-state index contributed by atoms with van der Waals surface area (Å²) >= 11 is 0. The van der Waals surface area contributed by atoms with E-state index in [1.807, 2.05) is 0 Å². The van der Waals surface area contributed by atoms with Crippen molar-refractivity contribution in [1.82, 2.24) is 9.97 Å². The third-order valence-electron chi connectivity index (χ3n) is 2.50. The summed E-state index contributed by atoms with van der Waals surface area (Å²) in [6, 6.07) is 2.52. The van der Waals surface area contributed by atoms with Crippen molar-refractivity contribution >= 4 is 16.9 Å². The summed E-state index contributed by atoms with van der Waals surface area (Å²) in [5.41, 5.74) is -1.80. The van der Waals surface area contributed by atoms with Crippen LogP contribution < -0.4 is 5.56 Å². The van der Waals surface area contributed by atoms with Gasteiger partial charge in [-0.2, -0.15) is 13.2 Å². The SMILES string of the molecule is CCOC(=O)c1nc2ccc(C(F)(F)F)cc2c(=O)[nH]1. The highest BCUT2D eigenvalue weighted by atomic mass is 19.4. The van der Waals surface area contributed by atoms with Crippen molar-refractivity contribution in [2.24, 2.45) is 0 Å². The van der Waals surface area contributed by atoms with Gasteiger partial charge in [0, 0.05) is 0 Å². The molecule has 0 aliphatic heterocycles. The number of aromatic nitrogens is 2. The van der Waals surface area contributed by atoms with E-state index in [0.29, 0.717) is 6.07 Å². The van der Waals surface area contributed by atoms with Crippen LogP contribution in [0.5, 0.6) is 0 Å². The maximum absolute atomic E-state index is 12.5. The first kappa shape index (κ1) is 14.0. The molecule has 1 aromatic carbocycles. The molecule has 0 saturated carbocycles. The molecule has 1 aromatic heterocycles. The van der Waals surface area contributed by atoms with E-state index >= 15 is 0 Å². The minimum atomic E-state index is -4.56. The summed E-state index contributed by atoms with van der Waals surface area (Å²) in [6.45, 7) is 1.67. The summed E-state index contributed by atoms with van der Waals surface area (Å²) in [4.78, 5) is 29.0. The fourth-order valence-electron chi connectivity index (χ4n) is 1.61. The predicted octanol–water partition coefficient (Wildman–Crippen LogP) is 2.12. The Balaban J connectivity index is 2.58. The lowest BCUT2D eigenvalue weighted by Gasteiger charge is -2.07. The van der Waals surface area contributed by atoms with Crippen molar-refractivity contribution < 1.29 is 22.7 Å². The van der Waals surface area contributed by atoms with Gasteiger partial charge >= 0.3 is 12.1 Å². The molecule has 0 spiro atoms. The first-order valence-corrected chi connectivity index (χ1v) is 5.61. The van der Waals surface area contributed by atoms with E-state index in [1.54, 1.807) is 6.92 Å². The largest absolute Gasteiger partial charge is 0.460 e. The van der Waals surface area contributed by atoms with Crippen LogP contribution in [-0.2, 0) is 10.9 Å². The van der Waals surface area contributed by atoms with Crippen molar-refractivity contribution in [2.75, 3.05) is 6.61 Å². The molecule has 0 fully saturated rings. The fraction of sp³-hybridized carbons (Fsp3) is 0.250. The van der Waals surface area contributed by atoms with Crippen LogP contribution in [0.3, 0.4) is 0 Å². The van der Waals surface area contributed by atoms with Crippen molar-refractivity contribution in [3.8, 4) is 0 Å². The topological polar surface area (TPSA) is 72.0 Å². The zero-order chi connectivity index (χ0) is 14.9. The second-order valence-electron chi connectivity index (χ2n) is 3.86. The summed E-state index contributed by atoms with van der Waals surface area (Å²) < 4.78 is 42.3. The third kappa shape index (κ3) is 2.63. The number of benzene rings is 1. The molecule has 0 unspecified atom stereocenters. The van der Waals surface area contributed by atoms with Crippen LogP contribution in [0.1, 0.15) is 23.1 Å². The molecule has 106 valence electrons. The third-order valence-corrected chi connectivity index (χ3v) is 2.50. The zero-order valence-electron chi connectivity index (χ0n) is 10.2. The molecule has 0 bridgehead atoms. The Morgan fingerprint density at radius 2 is 2.10 bits per heavy atom. The van der Waals surface area contributed by atoms with E-state index in [9.17, 15) is 22.8 Å².